The molecule has 27 heavy (non-hydrogen) atoms. The van der Waals surface area contributed by atoms with E-state index in [9.17, 15) is 14.9 Å². The van der Waals surface area contributed by atoms with Crippen LogP contribution in [0.25, 0.3) is 0 Å². The fourth-order valence-corrected chi connectivity index (χ4v) is 1.57. The minimum Gasteiger partial charge on any atom is -0.457 e. The molecule has 0 fully saturated rings. The summed E-state index contributed by atoms with van der Waals surface area (Å²) in [6.07, 6.45) is 1.63. The van der Waals surface area contributed by atoms with Crippen LogP contribution in [0, 0.1) is 25.4 Å². The fourth-order valence-electron chi connectivity index (χ4n) is 1.57. The number of hydrazone groups is 1. The number of rotatable bonds is 4. The van der Waals surface area contributed by atoms with Crippen LogP contribution in [0.2, 0.25) is 0 Å². The van der Waals surface area contributed by atoms with Gasteiger partial charge in [0, 0.05) is 23.9 Å². The maximum absolute atomic E-state index is 11.9. The smallest absolute Gasteiger partial charge is 0.457 e. The van der Waals surface area contributed by atoms with Crippen molar-refractivity contribution >= 4 is 17.3 Å². The van der Waals surface area contributed by atoms with Gasteiger partial charge in [-0.15, -0.1) is 0 Å². The van der Waals surface area contributed by atoms with Crippen LogP contribution in [0.1, 0.15) is 23.0 Å². The number of benzene rings is 1. The molecule has 148 valence electrons. The van der Waals surface area contributed by atoms with Crippen molar-refractivity contribution in [1.82, 2.24) is 10.4 Å². The van der Waals surface area contributed by atoms with Crippen molar-refractivity contribution in [2.75, 3.05) is 0 Å². The first-order valence-electron chi connectivity index (χ1n) is 6.63. The molecule has 1 aromatic heterocycles. The first kappa shape index (κ1) is 26.0. The van der Waals surface area contributed by atoms with Crippen molar-refractivity contribution in [3.63, 3.8) is 0 Å². The van der Waals surface area contributed by atoms with Crippen molar-refractivity contribution in [2.45, 2.75) is 6.92 Å². The summed E-state index contributed by atoms with van der Waals surface area (Å²) in [6.45, 7) is 1.72. The Morgan fingerprint density at radius 3 is 2.07 bits per heavy atom. The molecule has 0 spiro atoms. The van der Waals surface area contributed by atoms with Crippen molar-refractivity contribution in [2.24, 2.45) is 5.10 Å². The van der Waals surface area contributed by atoms with Gasteiger partial charge < -0.3 is 20.8 Å². The summed E-state index contributed by atoms with van der Waals surface area (Å²) in [5.41, 5.74) is 3.82. The number of pyridine rings is 1. The molecule has 0 bridgehead atoms. The van der Waals surface area contributed by atoms with Gasteiger partial charge >= 0.3 is 22.4 Å². The summed E-state index contributed by atoms with van der Waals surface area (Å²) < 4.78 is 0. The van der Waals surface area contributed by atoms with Crippen LogP contribution in [0.4, 0.5) is 5.69 Å². The summed E-state index contributed by atoms with van der Waals surface area (Å²) in [5, 5.41) is 29.2. The van der Waals surface area contributed by atoms with Gasteiger partial charge in [0.1, 0.15) is 0 Å². The minimum atomic E-state index is -1.75. The van der Waals surface area contributed by atoms with Crippen molar-refractivity contribution in [3.8, 4) is 0 Å². The molecule has 0 atom stereocenters. The Labute approximate surface area is 168 Å². The van der Waals surface area contributed by atoms with Gasteiger partial charge in [0.2, 0.25) is 0 Å². The molecule has 1 amide bonds. The van der Waals surface area contributed by atoms with E-state index in [1.54, 1.807) is 25.3 Å². The molecule has 0 saturated heterocycles. The normalized spacial score (nSPS) is 9.44. The quantitative estimate of drug-likeness (QED) is 0.224. The van der Waals surface area contributed by atoms with Gasteiger partial charge in [-0.25, -0.2) is 5.43 Å². The van der Waals surface area contributed by atoms with Gasteiger partial charge in [-0.1, -0.05) is 6.07 Å². The molecule has 0 aliphatic rings. The third-order valence-electron chi connectivity index (χ3n) is 2.70. The Balaban J connectivity index is 0. The maximum atomic E-state index is 11.9. The number of carbonyl (C=O) groups is 1. The van der Waals surface area contributed by atoms with E-state index in [4.69, 9.17) is 15.3 Å². The fraction of sp³-hybridized carbons (Fsp3) is 0.0714. The molecule has 0 saturated carbocycles. The second-order valence-corrected chi connectivity index (χ2v) is 4.38. The standard InChI is InChI=1S/C14H12N4O3.Ag.NO3.H2O/c1-10(13-4-2-3-9-15-13)16-17-14(19)11-5-7-12(8-6-11)18(20)21;;2-1(3)4;/h2-9H,1H3,(H,17,19);;;1H2/q;+1;-1;/p+1/b16-10+;;;. The number of nitrogens with zero attached hydrogens (tertiary/aromatic N) is 4. The molecule has 13 heteroatoms. The molecule has 12 nitrogen and oxygen atoms in total. The number of carbonyl (C=O) groups excluding carboxylic acids is 1. The average Bonchev–Trinajstić information content (AvgIpc) is 2.59. The van der Waals surface area contributed by atoms with Gasteiger partial charge in [0.15, 0.2) is 0 Å². The molecular weight excluding hydrogens is 458 g/mol. The third-order valence-corrected chi connectivity index (χ3v) is 2.70. The number of hydrogen-bond acceptors (Lipinski definition) is 8. The summed E-state index contributed by atoms with van der Waals surface area (Å²) in [4.78, 5) is 34.2. The second kappa shape index (κ2) is 13.1. The maximum Gasteiger partial charge on any atom is 1.00 e. The van der Waals surface area contributed by atoms with Gasteiger partial charge in [0.05, 0.1) is 21.4 Å². The number of nitro groups is 1. The Bertz CT molecular complexity index is 780. The number of nitrogens with one attached hydrogen (secondary N) is 1. The first-order chi connectivity index (χ1) is 11.8. The zero-order chi connectivity index (χ0) is 18.8. The molecular formula is C14H15AgN5O7+. The van der Waals surface area contributed by atoms with E-state index in [0.717, 1.165) is 0 Å². The average molecular weight is 473 g/mol. The van der Waals surface area contributed by atoms with Crippen LogP contribution in [-0.4, -0.2) is 26.6 Å². The zero-order valence-corrected chi connectivity index (χ0v) is 15.2. The van der Waals surface area contributed by atoms with E-state index >= 15 is 0 Å². The van der Waals surface area contributed by atoms with Crippen LogP contribution in [0.5, 0.6) is 0 Å². The molecule has 2 rings (SSSR count). The molecule has 0 aliphatic heterocycles. The van der Waals surface area contributed by atoms with Crippen molar-refractivity contribution in [1.29, 1.82) is 0 Å². The zero-order valence-electron chi connectivity index (χ0n) is 13.7. The Morgan fingerprint density at radius 2 is 1.63 bits per heavy atom. The van der Waals surface area contributed by atoms with Gasteiger partial charge in [-0.3, -0.25) is 19.9 Å². The van der Waals surface area contributed by atoms with Crippen LogP contribution in [0.3, 0.4) is 0 Å². The largest absolute Gasteiger partial charge is 1.00 e. The summed E-state index contributed by atoms with van der Waals surface area (Å²) >= 11 is 0. The first-order valence-corrected chi connectivity index (χ1v) is 6.63. The number of amides is 1. The molecule has 0 aliphatic carbocycles. The topological polar surface area (TPSA) is 197 Å². The number of hydrogen-bond donors (Lipinski definition) is 1. The molecule has 1 heterocycles. The molecule has 4 N–H and O–H groups in total. The van der Waals surface area contributed by atoms with Gasteiger partial charge in [-0.2, -0.15) is 5.10 Å². The van der Waals surface area contributed by atoms with Crippen LogP contribution < -0.4 is 5.43 Å². The van der Waals surface area contributed by atoms with E-state index in [-0.39, 0.29) is 39.1 Å². The molecule has 0 unspecified atom stereocenters. The number of non-ortho nitro benzene ring substituents is 1. The van der Waals surface area contributed by atoms with E-state index in [1.165, 1.54) is 24.3 Å². The minimum absolute atomic E-state index is 0. The predicted molar refractivity (Wildman–Crippen MR) is 92.2 cm³/mol. The summed E-state index contributed by atoms with van der Waals surface area (Å²) in [7, 11) is 0. The number of nitro benzene ring substituents is 1. The van der Waals surface area contributed by atoms with E-state index in [0.29, 0.717) is 11.4 Å². The van der Waals surface area contributed by atoms with Crippen LogP contribution in [0.15, 0.2) is 53.8 Å². The summed E-state index contributed by atoms with van der Waals surface area (Å²) in [5.74, 6) is -0.444. The van der Waals surface area contributed by atoms with E-state index in [2.05, 4.69) is 15.5 Å². The monoisotopic (exact) mass is 472 g/mol. The number of aromatic nitrogens is 1. The van der Waals surface area contributed by atoms with Gasteiger partial charge in [0.25, 0.3) is 11.6 Å². The van der Waals surface area contributed by atoms with E-state index in [1.807, 2.05) is 6.07 Å². The van der Waals surface area contributed by atoms with Crippen molar-refractivity contribution < 1.29 is 42.7 Å². The van der Waals surface area contributed by atoms with Crippen molar-refractivity contribution in [3.05, 3.63) is 85.4 Å². The molecule has 1 aromatic carbocycles. The predicted octanol–water partition coefficient (Wildman–Crippen LogP) is 0.980. The Morgan fingerprint density at radius 1 is 1.07 bits per heavy atom. The van der Waals surface area contributed by atoms with Crippen LogP contribution in [-0.2, 0) is 27.9 Å². The summed E-state index contributed by atoms with van der Waals surface area (Å²) in [6, 6.07) is 10.7. The Hall–Kier alpha value is -3.19. The third kappa shape index (κ3) is 9.76. The van der Waals surface area contributed by atoms with Gasteiger partial charge in [-0.05, 0) is 31.2 Å². The second-order valence-electron chi connectivity index (χ2n) is 4.38. The van der Waals surface area contributed by atoms with Crippen LogP contribution >= 0.6 is 0 Å². The molecule has 2 aromatic rings. The van der Waals surface area contributed by atoms with E-state index < -0.39 is 15.9 Å². The SMILES string of the molecule is C/C(=N\NC(=O)c1ccc([N+](=O)[O-])cc1)c1ccccn1.O=[N+]([O-])[O-].[Ag+].[OH3+]. The molecule has 0 radical (unpaired) electrons. The Kier molecular flexibility index (Phi) is 12.6.